The SMILES string of the molecule is CCCC1CC1NCCCCC(C)N. The van der Waals surface area contributed by atoms with Crippen LogP contribution in [0, 0.1) is 5.92 Å². The molecule has 1 rings (SSSR count). The van der Waals surface area contributed by atoms with Gasteiger partial charge in [-0.25, -0.2) is 0 Å². The predicted octanol–water partition coefficient (Wildman–Crippen LogP) is 2.28. The fraction of sp³-hybridized carbons (Fsp3) is 1.00. The topological polar surface area (TPSA) is 38.0 Å². The van der Waals surface area contributed by atoms with Crippen LogP contribution in [0.4, 0.5) is 0 Å². The fourth-order valence-corrected chi connectivity index (χ4v) is 2.07. The lowest BCUT2D eigenvalue weighted by Crippen LogP contribution is -2.20. The lowest BCUT2D eigenvalue weighted by atomic mass is 10.1. The Hall–Kier alpha value is -0.0800. The molecule has 0 aromatic heterocycles. The van der Waals surface area contributed by atoms with Gasteiger partial charge in [0.2, 0.25) is 0 Å². The van der Waals surface area contributed by atoms with E-state index in [9.17, 15) is 0 Å². The monoisotopic (exact) mass is 198 g/mol. The normalized spacial score (nSPS) is 27.6. The van der Waals surface area contributed by atoms with E-state index in [4.69, 9.17) is 5.73 Å². The molecular weight excluding hydrogens is 172 g/mol. The van der Waals surface area contributed by atoms with Gasteiger partial charge in [-0.05, 0) is 45.1 Å². The molecule has 0 spiro atoms. The van der Waals surface area contributed by atoms with E-state index in [2.05, 4.69) is 19.2 Å². The van der Waals surface area contributed by atoms with Crippen molar-refractivity contribution in [2.75, 3.05) is 6.54 Å². The second-order valence-corrected chi connectivity index (χ2v) is 4.82. The summed E-state index contributed by atoms with van der Waals surface area (Å²) in [7, 11) is 0. The predicted molar refractivity (Wildman–Crippen MR) is 62.3 cm³/mol. The van der Waals surface area contributed by atoms with Gasteiger partial charge in [-0.15, -0.1) is 0 Å². The average Bonchev–Trinajstić information content (AvgIpc) is 2.83. The molecule has 0 saturated heterocycles. The van der Waals surface area contributed by atoms with Gasteiger partial charge in [-0.2, -0.15) is 0 Å². The second kappa shape index (κ2) is 6.41. The third kappa shape index (κ3) is 4.97. The lowest BCUT2D eigenvalue weighted by Gasteiger charge is -2.05. The molecule has 3 unspecified atom stereocenters. The summed E-state index contributed by atoms with van der Waals surface area (Å²) in [4.78, 5) is 0. The minimum Gasteiger partial charge on any atom is -0.328 e. The Morgan fingerprint density at radius 3 is 2.86 bits per heavy atom. The van der Waals surface area contributed by atoms with Gasteiger partial charge in [0.05, 0.1) is 0 Å². The van der Waals surface area contributed by atoms with E-state index in [0.29, 0.717) is 6.04 Å². The standard InChI is InChI=1S/C12H26N2/c1-3-6-11-9-12(11)14-8-5-4-7-10(2)13/h10-12,14H,3-9,13H2,1-2H3. The van der Waals surface area contributed by atoms with E-state index in [1.165, 1.54) is 45.1 Å². The highest BCUT2D eigenvalue weighted by molar-refractivity contribution is 4.92. The minimum absolute atomic E-state index is 0.378. The number of hydrogen-bond acceptors (Lipinski definition) is 2. The van der Waals surface area contributed by atoms with Crippen molar-refractivity contribution in [2.45, 2.75) is 64.5 Å². The molecule has 1 fully saturated rings. The first-order valence-electron chi connectivity index (χ1n) is 6.23. The van der Waals surface area contributed by atoms with Gasteiger partial charge >= 0.3 is 0 Å². The van der Waals surface area contributed by atoms with Crippen molar-refractivity contribution in [3.8, 4) is 0 Å². The smallest absolute Gasteiger partial charge is 0.00991 e. The van der Waals surface area contributed by atoms with E-state index in [-0.39, 0.29) is 0 Å². The third-order valence-electron chi connectivity index (χ3n) is 3.07. The van der Waals surface area contributed by atoms with Gasteiger partial charge in [0.25, 0.3) is 0 Å². The largest absolute Gasteiger partial charge is 0.328 e. The average molecular weight is 198 g/mol. The summed E-state index contributed by atoms with van der Waals surface area (Å²) in [6.45, 7) is 5.56. The van der Waals surface area contributed by atoms with E-state index >= 15 is 0 Å². The van der Waals surface area contributed by atoms with Gasteiger partial charge in [0, 0.05) is 12.1 Å². The summed E-state index contributed by atoms with van der Waals surface area (Å²) in [5.41, 5.74) is 5.69. The van der Waals surface area contributed by atoms with Gasteiger partial charge in [0.15, 0.2) is 0 Å². The van der Waals surface area contributed by atoms with Crippen LogP contribution in [0.3, 0.4) is 0 Å². The molecule has 2 nitrogen and oxygen atoms in total. The van der Waals surface area contributed by atoms with Gasteiger partial charge < -0.3 is 11.1 Å². The van der Waals surface area contributed by atoms with Crippen molar-refractivity contribution >= 4 is 0 Å². The van der Waals surface area contributed by atoms with Gasteiger partial charge in [-0.3, -0.25) is 0 Å². The molecule has 3 N–H and O–H groups in total. The highest BCUT2D eigenvalue weighted by atomic mass is 15.0. The van der Waals surface area contributed by atoms with Crippen LogP contribution in [0.25, 0.3) is 0 Å². The van der Waals surface area contributed by atoms with Gasteiger partial charge in [0.1, 0.15) is 0 Å². The maximum absolute atomic E-state index is 5.69. The molecule has 3 atom stereocenters. The summed E-state index contributed by atoms with van der Waals surface area (Å²) >= 11 is 0. The Morgan fingerprint density at radius 1 is 1.43 bits per heavy atom. The minimum atomic E-state index is 0.378. The molecule has 0 aromatic carbocycles. The number of rotatable bonds is 8. The van der Waals surface area contributed by atoms with E-state index in [0.717, 1.165) is 12.0 Å². The first-order chi connectivity index (χ1) is 6.74. The number of unbranched alkanes of at least 4 members (excludes halogenated alkanes) is 1. The molecule has 0 heterocycles. The summed E-state index contributed by atoms with van der Waals surface area (Å²) in [5, 5.41) is 3.62. The highest BCUT2D eigenvalue weighted by Crippen LogP contribution is 2.34. The fourth-order valence-electron chi connectivity index (χ4n) is 2.07. The zero-order valence-corrected chi connectivity index (χ0v) is 9.76. The molecule has 0 aromatic rings. The van der Waals surface area contributed by atoms with Crippen molar-refractivity contribution in [1.82, 2.24) is 5.32 Å². The Bertz CT molecular complexity index is 145. The van der Waals surface area contributed by atoms with Crippen LogP contribution in [-0.2, 0) is 0 Å². The summed E-state index contributed by atoms with van der Waals surface area (Å²) < 4.78 is 0. The Labute approximate surface area is 88.6 Å². The second-order valence-electron chi connectivity index (χ2n) is 4.82. The number of nitrogens with one attached hydrogen (secondary N) is 1. The Kier molecular flexibility index (Phi) is 5.49. The van der Waals surface area contributed by atoms with Crippen LogP contribution in [0.2, 0.25) is 0 Å². The molecule has 0 radical (unpaired) electrons. The van der Waals surface area contributed by atoms with Crippen molar-refractivity contribution in [1.29, 1.82) is 0 Å². The Morgan fingerprint density at radius 2 is 2.21 bits per heavy atom. The number of hydrogen-bond donors (Lipinski definition) is 2. The van der Waals surface area contributed by atoms with E-state index < -0.39 is 0 Å². The van der Waals surface area contributed by atoms with Crippen LogP contribution in [0.15, 0.2) is 0 Å². The highest BCUT2D eigenvalue weighted by Gasteiger charge is 2.34. The maximum atomic E-state index is 5.69. The summed E-state index contributed by atoms with van der Waals surface area (Å²) in [5.74, 6) is 0.994. The Balaban J connectivity index is 1.82. The van der Waals surface area contributed by atoms with Crippen molar-refractivity contribution in [3.63, 3.8) is 0 Å². The molecule has 0 amide bonds. The molecule has 0 bridgehead atoms. The van der Waals surface area contributed by atoms with Gasteiger partial charge in [-0.1, -0.05) is 19.8 Å². The van der Waals surface area contributed by atoms with Crippen LogP contribution >= 0.6 is 0 Å². The van der Waals surface area contributed by atoms with Crippen molar-refractivity contribution in [3.05, 3.63) is 0 Å². The van der Waals surface area contributed by atoms with E-state index in [1.54, 1.807) is 0 Å². The zero-order valence-electron chi connectivity index (χ0n) is 9.76. The van der Waals surface area contributed by atoms with E-state index in [1.807, 2.05) is 0 Å². The molecule has 1 saturated carbocycles. The molecule has 1 aliphatic carbocycles. The first-order valence-corrected chi connectivity index (χ1v) is 6.23. The van der Waals surface area contributed by atoms with Crippen LogP contribution in [0.1, 0.15) is 52.4 Å². The number of nitrogens with two attached hydrogens (primary N) is 1. The molecule has 1 aliphatic rings. The molecule has 84 valence electrons. The molecule has 2 heteroatoms. The molecule has 0 aliphatic heterocycles. The van der Waals surface area contributed by atoms with Crippen molar-refractivity contribution < 1.29 is 0 Å². The quantitative estimate of drug-likeness (QED) is 0.587. The third-order valence-corrected chi connectivity index (χ3v) is 3.07. The lowest BCUT2D eigenvalue weighted by molar-refractivity contribution is 0.543. The maximum Gasteiger partial charge on any atom is 0.00991 e. The van der Waals surface area contributed by atoms with Crippen LogP contribution < -0.4 is 11.1 Å². The summed E-state index contributed by atoms with van der Waals surface area (Å²) in [6, 6.07) is 1.23. The molecular formula is C12H26N2. The zero-order chi connectivity index (χ0) is 10.4. The van der Waals surface area contributed by atoms with Crippen molar-refractivity contribution in [2.24, 2.45) is 11.7 Å². The first kappa shape index (κ1) is 12.0. The van der Waals surface area contributed by atoms with Crippen LogP contribution in [-0.4, -0.2) is 18.6 Å². The molecule has 14 heavy (non-hydrogen) atoms. The summed E-state index contributed by atoms with van der Waals surface area (Å²) in [6.07, 6.45) is 7.91. The van der Waals surface area contributed by atoms with Crippen LogP contribution in [0.5, 0.6) is 0 Å².